The molecule has 9 nitrogen and oxygen atoms in total. The number of carbonyl (C=O) groups is 1. The van der Waals surface area contributed by atoms with E-state index >= 15 is 0 Å². The quantitative estimate of drug-likeness (QED) is 0.694. The van der Waals surface area contributed by atoms with E-state index in [4.69, 9.17) is 19.3 Å². The van der Waals surface area contributed by atoms with Crippen molar-refractivity contribution in [1.82, 2.24) is 9.78 Å². The predicted molar refractivity (Wildman–Crippen MR) is 98.8 cm³/mol. The lowest BCUT2D eigenvalue weighted by Crippen LogP contribution is -2.22. The molecule has 28 heavy (non-hydrogen) atoms. The van der Waals surface area contributed by atoms with Gasteiger partial charge in [0.2, 0.25) is 6.79 Å². The minimum atomic E-state index is -1.03. The van der Waals surface area contributed by atoms with E-state index in [1.807, 2.05) is 0 Å². The summed E-state index contributed by atoms with van der Waals surface area (Å²) in [6.45, 7) is 0.144. The van der Waals surface area contributed by atoms with Crippen LogP contribution < -0.4 is 25.1 Å². The first-order valence-electron chi connectivity index (χ1n) is 8.25. The zero-order valence-corrected chi connectivity index (χ0v) is 14.7. The molecule has 0 radical (unpaired) electrons. The van der Waals surface area contributed by atoms with Gasteiger partial charge in [-0.15, -0.1) is 0 Å². The molecule has 0 unspecified atom stereocenters. The molecule has 0 amide bonds. The topological polar surface area (TPSA) is 112 Å². The summed E-state index contributed by atoms with van der Waals surface area (Å²) in [4.78, 5) is 23.6. The normalized spacial score (nSPS) is 11.9. The van der Waals surface area contributed by atoms with Crippen molar-refractivity contribution < 1.29 is 24.1 Å². The van der Waals surface area contributed by atoms with E-state index in [-0.39, 0.29) is 23.8 Å². The Balaban J connectivity index is 1.66. The Morgan fingerprint density at radius 2 is 1.93 bits per heavy atom. The zero-order valence-electron chi connectivity index (χ0n) is 14.7. The fourth-order valence-corrected chi connectivity index (χ4v) is 2.62. The Bertz CT molecular complexity index is 1110. The van der Waals surface area contributed by atoms with Crippen molar-refractivity contribution >= 4 is 17.3 Å². The largest absolute Gasteiger partial charge is 0.478 e. The first kappa shape index (κ1) is 17.4. The van der Waals surface area contributed by atoms with Crippen molar-refractivity contribution in [2.24, 2.45) is 7.05 Å². The van der Waals surface area contributed by atoms with E-state index in [2.05, 4.69) is 10.4 Å². The van der Waals surface area contributed by atoms with E-state index in [1.54, 1.807) is 30.3 Å². The van der Waals surface area contributed by atoms with Gasteiger partial charge in [0, 0.05) is 18.8 Å². The molecule has 0 saturated carbocycles. The van der Waals surface area contributed by atoms with Crippen LogP contribution in [0.3, 0.4) is 0 Å². The van der Waals surface area contributed by atoms with Gasteiger partial charge in [-0.3, -0.25) is 4.79 Å². The fourth-order valence-electron chi connectivity index (χ4n) is 2.62. The molecule has 1 aliphatic rings. The van der Waals surface area contributed by atoms with E-state index < -0.39 is 11.5 Å². The van der Waals surface area contributed by atoms with Crippen LogP contribution in [-0.4, -0.2) is 27.6 Å². The minimum absolute atomic E-state index is 0.144. The monoisotopic (exact) mass is 381 g/mol. The molecule has 1 aliphatic heterocycles. The lowest BCUT2D eigenvalue weighted by atomic mass is 10.2. The van der Waals surface area contributed by atoms with Crippen molar-refractivity contribution in [3.8, 4) is 23.0 Å². The molecule has 2 heterocycles. The summed E-state index contributed by atoms with van der Waals surface area (Å²) in [7, 11) is 1.52. The van der Waals surface area contributed by atoms with Crippen molar-refractivity contribution in [2.45, 2.75) is 0 Å². The molecule has 4 rings (SSSR count). The number of aromatic carboxylic acids is 1. The van der Waals surface area contributed by atoms with Gasteiger partial charge >= 0.3 is 5.97 Å². The van der Waals surface area contributed by atoms with Gasteiger partial charge in [-0.05, 0) is 36.4 Å². The average molecular weight is 381 g/mol. The van der Waals surface area contributed by atoms with Crippen LogP contribution in [0.4, 0.5) is 11.4 Å². The summed E-state index contributed by atoms with van der Waals surface area (Å²) in [6.07, 6.45) is 1.42. The summed E-state index contributed by atoms with van der Waals surface area (Å²) >= 11 is 0. The van der Waals surface area contributed by atoms with Gasteiger partial charge in [-0.2, -0.15) is 5.10 Å². The highest BCUT2D eigenvalue weighted by Crippen LogP contribution is 2.37. The first-order valence-corrected chi connectivity index (χ1v) is 8.25. The molecule has 0 fully saturated rings. The molecule has 3 aromatic rings. The molecule has 0 bridgehead atoms. The third kappa shape index (κ3) is 3.32. The number of hydrogen-bond donors (Lipinski definition) is 2. The van der Waals surface area contributed by atoms with Gasteiger partial charge in [0.25, 0.3) is 5.56 Å². The van der Waals surface area contributed by atoms with E-state index in [9.17, 15) is 9.59 Å². The van der Waals surface area contributed by atoms with E-state index in [1.165, 1.54) is 30.1 Å². The Labute approximate surface area is 158 Å². The molecule has 0 atom stereocenters. The maximum atomic E-state index is 12.6. The highest BCUT2D eigenvalue weighted by atomic mass is 16.7. The Morgan fingerprint density at radius 1 is 1.18 bits per heavy atom. The van der Waals surface area contributed by atoms with Crippen LogP contribution in [0.15, 0.2) is 53.5 Å². The molecule has 9 heteroatoms. The van der Waals surface area contributed by atoms with Crippen LogP contribution in [-0.2, 0) is 7.05 Å². The van der Waals surface area contributed by atoms with Gasteiger partial charge in [-0.25, -0.2) is 9.48 Å². The molecule has 1 aromatic heterocycles. The number of benzene rings is 2. The second-order valence-corrected chi connectivity index (χ2v) is 5.94. The molecular formula is C19H15N3O6. The van der Waals surface area contributed by atoms with Crippen LogP contribution in [0.5, 0.6) is 23.0 Å². The van der Waals surface area contributed by atoms with Gasteiger partial charge in [-0.1, -0.05) is 0 Å². The number of fused-ring (bicyclic) bond motifs is 1. The van der Waals surface area contributed by atoms with Gasteiger partial charge < -0.3 is 24.6 Å². The molecule has 0 saturated heterocycles. The van der Waals surface area contributed by atoms with Gasteiger partial charge in [0.15, 0.2) is 22.9 Å². The maximum Gasteiger partial charge on any atom is 0.335 e. The third-order valence-corrected chi connectivity index (χ3v) is 4.08. The fraction of sp³-hybridized carbons (Fsp3) is 0.105. The minimum Gasteiger partial charge on any atom is -0.478 e. The number of nitrogens with zero attached hydrogens (tertiary/aromatic N) is 2. The van der Waals surface area contributed by atoms with Crippen molar-refractivity contribution in [3.05, 3.63) is 64.6 Å². The number of hydrogen-bond acceptors (Lipinski definition) is 7. The second kappa shape index (κ2) is 6.95. The standard InChI is InChI=1S/C19H15N3O6/c1-22-18(23)17(21-12-4-2-11(3-5-12)19(24)25)16(9-20-22)28-13-6-7-14-15(8-13)27-10-26-14/h2-9,21H,10H2,1H3,(H,24,25). The summed E-state index contributed by atoms with van der Waals surface area (Å²) < 4.78 is 17.6. The number of anilines is 2. The lowest BCUT2D eigenvalue weighted by Gasteiger charge is -2.13. The Morgan fingerprint density at radius 3 is 2.68 bits per heavy atom. The first-order chi connectivity index (χ1) is 13.5. The van der Waals surface area contributed by atoms with Crippen LogP contribution in [0.2, 0.25) is 0 Å². The number of carboxylic acid groups (broad SMARTS) is 1. The van der Waals surface area contributed by atoms with Crippen LogP contribution in [0.25, 0.3) is 0 Å². The van der Waals surface area contributed by atoms with Crippen LogP contribution in [0.1, 0.15) is 10.4 Å². The number of aromatic nitrogens is 2. The van der Waals surface area contributed by atoms with Crippen molar-refractivity contribution in [1.29, 1.82) is 0 Å². The SMILES string of the molecule is Cn1ncc(Oc2ccc3c(c2)OCO3)c(Nc2ccc(C(=O)O)cc2)c1=O. The summed E-state index contributed by atoms with van der Waals surface area (Å²) in [5.41, 5.74) is 0.438. The summed E-state index contributed by atoms with van der Waals surface area (Å²) in [6, 6.07) is 11.1. The lowest BCUT2D eigenvalue weighted by molar-refractivity contribution is 0.0697. The average Bonchev–Trinajstić information content (AvgIpc) is 3.16. The molecule has 0 aliphatic carbocycles. The number of carboxylic acids is 1. The number of nitrogens with one attached hydrogen (secondary N) is 1. The second-order valence-electron chi connectivity index (χ2n) is 5.94. The van der Waals surface area contributed by atoms with Crippen LogP contribution >= 0.6 is 0 Å². The zero-order chi connectivity index (χ0) is 19.7. The third-order valence-electron chi connectivity index (χ3n) is 4.08. The Kier molecular flexibility index (Phi) is 4.32. The number of rotatable bonds is 5. The van der Waals surface area contributed by atoms with Gasteiger partial charge in [0.05, 0.1) is 11.8 Å². The highest BCUT2D eigenvalue weighted by Gasteiger charge is 2.17. The van der Waals surface area contributed by atoms with Crippen LogP contribution in [0, 0.1) is 0 Å². The van der Waals surface area contributed by atoms with E-state index in [0.29, 0.717) is 22.9 Å². The maximum absolute atomic E-state index is 12.6. The highest BCUT2D eigenvalue weighted by molar-refractivity contribution is 5.88. The number of ether oxygens (including phenoxy) is 3. The van der Waals surface area contributed by atoms with Crippen molar-refractivity contribution in [3.63, 3.8) is 0 Å². The van der Waals surface area contributed by atoms with E-state index in [0.717, 1.165) is 0 Å². The Hall–Kier alpha value is -4.01. The number of aryl methyl sites for hydroxylation is 1. The molecule has 2 aromatic carbocycles. The van der Waals surface area contributed by atoms with Crippen molar-refractivity contribution in [2.75, 3.05) is 12.1 Å². The molecule has 0 spiro atoms. The molecule has 2 N–H and O–H groups in total. The van der Waals surface area contributed by atoms with Gasteiger partial charge in [0.1, 0.15) is 5.75 Å². The predicted octanol–water partition coefficient (Wildman–Crippen LogP) is 2.74. The molecular weight excluding hydrogens is 366 g/mol. The summed E-state index contributed by atoms with van der Waals surface area (Å²) in [5.74, 6) is 0.797. The molecule has 142 valence electrons. The smallest absolute Gasteiger partial charge is 0.335 e. The summed E-state index contributed by atoms with van der Waals surface area (Å²) in [5, 5.41) is 16.0.